The Morgan fingerprint density at radius 2 is 1.33 bits per heavy atom. The molecule has 5 heteroatoms. The summed E-state index contributed by atoms with van der Waals surface area (Å²) in [6.45, 7) is 0. The van der Waals surface area contributed by atoms with Crippen molar-refractivity contribution in [3.63, 3.8) is 0 Å². The number of anilines is 2. The van der Waals surface area contributed by atoms with E-state index in [2.05, 4.69) is 0 Å². The molecule has 0 amide bonds. The summed E-state index contributed by atoms with van der Waals surface area (Å²) in [4.78, 5) is 0. The van der Waals surface area contributed by atoms with Crippen LogP contribution < -0.4 is 8.61 Å². The smallest absolute Gasteiger partial charge is 0.226 e. The van der Waals surface area contributed by atoms with Crippen molar-refractivity contribution in [1.29, 1.82) is 0 Å². The first kappa shape index (κ1) is 8.55. The van der Waals surface area contributed by atoms with E-state index in [-0.39, 0.29) is 0 Å². The second-order valence-electron chi connectivity index (χ2n) is 3.27. The summed E-state index contributed by atoms with van der Waals surface area (Å²) in [5.74, 6) is 0. The maximum Gasteiger partial charge on any atom is 0.334 e. The monoisotopic (exact) mass is 220 g/mol. The van der Waals surface area contributed by atoms with Crippen LogP contribution in [0.3, 0.4) is 0 Å². The quantitative estimate of drug-likeness (QED) is 0.666. The molecule has 2 heterocycles. The molecule has 4 nitrogen and oxygen atoms in total. The van der Waals surface area contributed by atoms with Crippen molar-refractivity contribution >= 4 is 21.6 Å². The Bertz CT molecular complexity index is 530. The van der Waals surface area contributed by atoms with Crippen molar-refractivity contribution < 1.29 is 8.42 Å². The first-order chi connectivity index (χ1) is 7.21. The minimum Gasteiger partial charge on any atom is -0.226 e. The third-order valence-corrected chi connectivity index (χ3v) is 4.04. The molecule has 76 valence electrons. The number of benzene rings is 1. The molecule has 0 aliphatic carbocycles. The standard InChI is InChI=1S/C10H8N2O2S/c13-15(14)11-7-3-4-8-12(15)10-6-2-1-5-9(10)11/h1-8H. The maximum absolute atomic E-state index is 12.0. The predicted octanol–water partition coefficient (Wildman–Crippen LogP) is 1.60. The van der Waals surface area contributed by atoms with Crippen LogP contribution in [0.25, 0.3) is 0 Å². The molecule has 0 saturated heterocycles. The van der Waals surface area contributed by atoms with Crippen LogP contribution in [-0.2, 0) is 10.2 Å². The summed E-state index contributed by atoms with van der Waals surface area (Å²) in [6.07, 6.45) is 6.51. The molecule has 2 bridgehead atoms. The molecule has 0 atom stereocenters. The molecule has 2 aliphatic rings. The van der Waals surface area contributed by atoms with Crippen LogP contribution in [0.2, 0.25) is 0 Å². The van der Waals surface area contributed by atoms with Crippen molar-refractivity contribution in [2.24, 2.45) is 0 Å². The van der Waals surface area contributed by atoms with Crippen molar-refractivity contribution in [3.05, 3.63) is 48.8 Å². The molecular formula is C10H8N2O2S. The second kappa shape index (κ2) is 2.64. The second-order valence-corrected chi connectivity index (χ2v) is 4.95. The first-order valence-corrected chi connectivity index (χ1v) is 5.89. The van der Waals surface area contributed by atoms with E-state index >= 15 is 0 Å². The van der Waals surface area contributed by atoms with Crippen LogP contribution in [-0.4, -0.2) is 8.42 Å². The van der Waals surface area contributed by atoms with Gasteiger partial charge in [-0.15, -0.1) is 0 Å². The highest BCUT2D eigenvalue weighted by Gasteiger charge is 2.38. The summed E-state index contributed by atoms with van der Waals surface area (Å²) in [5.41, 5.74) is 1.39. The van der Waals surface area contributed by atoms with Crippen LogP contribution in [0.4, 0.5) is 11.4 Å². The average molecular weight is 220 g/mol. The number of hydrogen-bond donors (Lipinski definition) is 0. The van der Waals surface area contributed by atoms with Crippen molar-refractivity contribution in [2.75, 3.05) is 8.61 Å². The fourth-order valence-electron chi connectivity index (χ4n) is 1.75. The number of rotatable bonds is 0. The lowest BCUT2D eigenvalue weighted by Crippen LogP contribution is -2.30. The summed E-state index contributed by atoms with van der Waals surface area (Å²) in [5, 5.41) is 0. The maximum atomic E-state index is 12.0. The Morgan fingerprint density at radius 1 is 0.867 bits per heavy atom. The molecule has 2 aliphatic heterocycles. The molecule has 3 rings (SSSR count). The van der Waals surface area contributed by atoms with Gasteiger partial charge in [0.25, 0.3) is 0 Å². The Balaban J connectivity index is 2.38. The van der Waals surface area contributed by atoms with Gasteiger partial charge in [-0.25, -0.2) is 8.61 Å². The first-order valence-electron chi connectivity index (χ1n) is 4.49. The van der Waals surface area contributed by atoms with Crippen LogP contribution in [0.1, 0.15) is 0 Å². The predicted molar refractivity (Wildman–Crippen MR) is 58.6 cm³/mol. The van der Waals surface area contributed by atoms with E-state index in [0.717, 1.165) is 0 Å². The molecule has 0 N–H and O–H groups in total. The van der Waals surface area contributed by atoms with Crippen LogP contribution in [0, 0.1) is 0 Å². The third kappa shape index (κ3) is 0.979. The van der Waals surface area contributed by atoms with E-state index in [9.17, 15) is 8.42 Å². The molecule has 0 radical (unpaired) electrons. The molecule has 1 aromatic carbocycles. The number of nitrogens with zero attached hydrogens (tertiary/aromatic N) is 2. The van der Waals surface area contributed by atoms with Gasteiger partial charge in [0.2, 0.25) is 0 Å². The zero-order valence-electron chi connectivity index (χ0n) is 7.74. The molecule has 0 aromatic heterocycles. The SMILES string of the molecule is O=S1(=O)N2C=CC=CN1c1ccccc12. The topological polar surface area (TPSA) is 40.6 Å². The summed E-state index contributed by atoms with van der Waals surface area (Å²) < 4.78 is 26.6. The zero-order chi connectivity index (χ0) is 10.5. The molecule has 0 fully saturated rings. The van der Waals surface area contributed by atoms with Crippen LogP contribution in [0.15, 0.2) is 48.8 Å². The van der Waals surface area contributed by atoms with Gasteiger partial charge in [-0.1, -0.05) is 12.1 Å². The molecule has 0 spiro atoms. The Morgan fingerprint density at radius 3 is 1.80 bits per heavy atom. The minimum absolute atomic E-state index is 0.693. The van der Waals surface area contributed by atoms with Gasteiger partial charge in [-0.3, -0.25) is 0 Å². The zero-order valence-corrected chi connectivity index (χ0v) is 8.55. The van der Waals surface area contributed by atoms with E-state index < -0.39 is 10.2 Å². The van der Waals surface area contributed by atoms with E-state index in [1.807, 2.05) is 12.1 Å². The van der Waals surface area contributed by atoms with Gasteiger partial charge >= 0.3 is 10.2 Å². The third-order valence-electron chi connectivity index (χ3n) is 2.41. The van der Waals surface area contributed by atoms with Gasteiger partial charge in [-0.05, 0) is 24.3 Å². The number of hydrogen-bond acceptors (Lipinski definition) is 2. The van der Waals surface area contributed by atoms with Gasteiger partial charge in [0.1, 0.15) is 0 Å². The van der Waals surface area contributed by atoms with Crippen molar-refractivity contribution in [1.82, 2.24) is 0 Å². The number of fused-ring (bicyclic) bond motifs is 5. The molecule has 15 heavy (non-hydrogen) atoms. The minimum atomic E-state index is -3.43. The van der Waals surface area contributed by atoms with Gasteiger partial charge in [0.05, 0.1) is 11.4 Å². The van der Waals surface area contributed by atoms with E-state index in [1.54, 1.807) is 36.7 Å². The largest absolute Gasteiger partial charge is 0.334 e. The van der Waals surface area contributed by atoms with E-state index in [1.165, 1.54) is 8.61 Å². The fraction of sp³-hybridized carbons (Fsp3) is 0. The lowest BCUT2D eigenvalue weighted by Gasteiger charge is -2.13. The van der Waals surface area contributed by atoms with Gasteiger partial charge in [0.15, 0.2) is 0 Å². The van der Waals surface area contributed by atoms with Crippen LogP contribution in [0.5, 0.6) is 0 Å². The Labute approximate surface area is 87.9 Å². The highest BCUT2D eigenvalue weighted by atomic mass is 32.2. The lowest BCUT2D eigenvalue weighted by atomic mass is 10.2. The van der Waals surface area contributed by atoms with Gasteiger partial charge in [-0.2, -0.15) is 8.42 Å². The average Bonchev–Trinajstić information content (AvgIpc) is 2.29. The summed E-state index contributed by atoms with van der Waals surface area (Å²) in [6, 6.07) is 7.22. The van der Waals surface area contributed by atoms with Crippen LogP contribution >= 0.6 is 0 Å². The highest BCUT2D eigenvalue weighted by molar-refractivity contribution is 7.95. The number of allylic oxidation sites excluding steroid dienone is 2. The lowest BCUT2D eigenvalue weighted by molar-refractivity contribution is 0.598. The van der Waals surface area contributed by atoms with Gasteiger partial charge in [0, 0.05) is 12.4 Å². The normalized spacial score (nSPS) is 20.3. The van der Waals surface area contributed by atoms with Crippen molar-refractivity contribution in [2.45, 2.75) is 0 Å². The van der Waals surface area contributed by atoms with E-state index in [4.69, 9.17) is 0 Å². The van der Waals surface area contributed by atoms with E-state index in [0.29, 0.717) is 11.4 Å². The van der Waals surface area contributed by atoms with Crippen molar-refractivity contribution in [3.8, 4) is 0 Å². The highest BCUT2D eigenvalue weighted by Crippen LogP contribution is 2.41. The Hall–Kier alpha value is -1.75. The molecule has 0 saturated carbocycles. The molecular weight excluding hydrogens is 212 g/mol. The van der Waals surface area contributed by atoms with Gasteiger partial charge < -0.3 is 0 Å². The number of para-hydroxylation sites is 2. The molecule has 0 unspecified atom stereocenters. The molecule has 1 aromatic rings. The Kier molecular flexibility index (Phi) is 1.50. The summed E-state index contributed by atoms with van der Waals surface area (Å²) >= 11 is 0. The summed E-state index contributed by atoms with van der Waals surface area (Å²) in [7, 11) is -3.43. The fourth-order valence-corrected chi connectivity index (χ4v) is 3.19.